The average molecular weight is 346 g/mol. The molecule has 0 saturated carbocycles. The van der Waals surface area contributed by atoms with Crippen molar-refractivity contribution in [2.24, 2.45) is 0 Å². The molecule has 0 aliphatic carbocycles. The zero-order chi connectivity index (χ0) is 18.0. The molecule has 0 unspecified atom stereocenters. The number of nitrogens with zero attached hydrogens (tertiary/aromatic N) is 3. The Morgan fingerprint density at radius 2 is 2.08 bits per heavy atom. The number of amides is 2. The van der Waals surface area contributed by atoms with Crippen LogP contribution in [-0.4, -0.2) is 39.4 Å². The molecule has 25 heavy (non-hydrogen) atoms. The molecule has 1 aromatic carbocycles. The molecule has 0 spiro atoms. The molecule has 1 aliphatic rings. The monoisotopic (exact) mass is 346 g/mol. The van der Waals surface area contributed by atoms with E-state index in [2.05, 4.69) is 15.5 Å². The van der Waals surface area contributed by atoms with Gasteiger partial charge in [0.1, 0.15) is 17.9 Å². The Kier molecular flexibility index (Phi) is 4.78. The van der Waals surface area contributed by atoms with E-state index in [1.54, 1.807) is 24.0 Å². The van der Waals surface area contributed by atoms with E-state index in [0.29, 0.717) is 24.4 Å². The molecule has 1 aliphatic heterocycles. The number of likely N-dealkylation sites (tertiary alicyclic amines) is 1. The predicted octanol–water partition coefficient (Wildman–Crippen LogP) is 2.06. The van der Waals surface area contributed by atoms with Crippen LogP contribution in [0, 0.1) is 5.82 Å². The lowest BCUT2D eigenvalue weighted by atomic mass is 10.2. The minimum atomic E-state index is -0.497. The molecule has 1 saturated heterocycles. The maximum atomic E-state index is 13.0. The molecule has 2 amide bonds. The zero-order valence-corrected chi connectivity index (χ0v) is 14.0. The number of hydrogen-bond acceptors (Lipinski definition) is 5. The molecule has 132 valence electrons. The smallest absolute Gasteiger partial charge is 0.249 e. The van der Waals surface area contributed by atoms with Gasteiger partial charge >= 0.3 is 0 Å². The van der Waals surface area contributed by atoms with Gasteiger partial charge in [-0.05, 0) is 44.0 Å². The Morgan fingerprint density at radius 3 is 2.76 bits per heavy atom. The first-order valence-corrected chi connectivity index (χ1v) is 8.13. The van der Waals surface area contributed by atoms with Gasteiger partial charge in [-0.2, -0.15) is 4.98 Å². The number of aromatic nitrogens is 2. The summed E-state index contributed by atoms with van der Waals surface area (Å²) >= 11 is 0. The van der Waals surface area contributed by atoms with Crippen LogP contribution in [-0.2, 0) is 9.59 Å². The van der Waals surface area contributed by atoms with Crippen molar-refractivity contribution >= 4 is 11.8 Å². The Labute approximate surface area is 144 Å². The minimum absolute atomic E-state index is 0.110. The summed E-state index contributed by atoms with van der Waals surface area (Å²) < 4.78 is 18.2. The lowest BCUT2D eigenvalue weighted by Crippen LogP contribution is -2.45. The molecule has 7 nitrogen and oxygen atoms in total. The minimum Gasteiger partial charge on any atom is -0.343 e. The fourth-order valence-corrected chi connectivity index (χ4v) is 2.91. The van der Waals surface area contributed by atoms with Crippen molar-refractivity contribution < 1.29 is 18.5 Å². The van der Waals surface area contributed by atoms with Crippen LogP contribution in [0.4, 0.5) is 4.39 Å². The molecule has 1 aromatic heterocycles. The van der Waals surface area contributed by atoms with Crippen molar-refractivity contribution in [1.82, 2.24) is 20.4 Å². The topological polar surface area (TPSA) is 88.3 Å². The third-order valence-corrected chi connectivity index (χ3v) is 4.23. The molecule has 2 aromatic rings. The van der Waals surface area contributed by atoms with Gasteiger partial charge in [-0.1, -0.05) is 5.16 Å². The van der Waals surface area contributed by atoms with Crippen LogP contribution >= 0.6 is 0 Å². The third kappa shape index (κ3) is 3.67. The highest BCUT2D eigenvalue weighted by Gasteiger charge is 2.33. The Hall–Kier alpha value is -2.77. The molecule has 3 rings (SSSR count). The number of rotatable bonds is 4. The number of hydrogen-bond donors (Lipinski definition) is 1. The van der Waals surface area contributed by atoms with E-state index in [0.717, 1.165) is 6.42 Å². The molecule has 0 radical (unpaired) electrons. The molecular formula is C17H19FN4O3. The average Bonchev–Trinajstić information content (AvgIpc) is 3.25. The zero-order valence-electron chi connectivity index (χ0n) is 14.0. The van der Waals surface area contributed by atoms with Gasteiger partial charge in [0.05, 0.1) is 0 Å². The van der Waals surface area contributed by atoms with Gasteiger partial charge < -0.3 is 14.7 Å². The highest BCUT2D eigenvalue weighted by Crippen LogP contribution is 2.21. The van der Waals surface area contributed by atoms with Gasteiger partial charge in [0.15, 0.2) is 0 Å². The fourth-order valence-electron chi connectivity index (χ4n) is 2.91. The van der Waals surface area contributed by atoms with E-state index in [-0.39, 0.29) is 23.5 Å². The van der Waals surface area contributed by atoms with E-state index in [1.165, 1.54) is 19.1 Å². The summed E-state index contributed by atoms with van der Waals surface area (Å²) in [5, 5.41) is 6.67. The first-order chi connectivity index (χ1) is 12.0. The number of carbonyl (C=O) groups is 2. The standard InChI is InChI=1S/C17H19FN4O3/c1-10(19-16(24)14-4-3-9-22(14)11(2)23)17-20-15(21-25-17)12-5-7-13(18)8-6-12/h5-8,10,14H,3-4,9H2,1-2H3,(H,19,24)/t10-,14-/m0/s1. The first-order valence-electron chi connectivity index (χ1n) is 8.13. The van der Waals surface area contributed by atoms with E-state index in [9.17, 15) is 14.0 Å². The van der Waals surface area contributed by atoms with Gasteiger partial charge in [0.25, 0.3) is 0 Å². The van der Waals surface area contributed by atoms with Gasteiger partial charge in [-0.3, -0.25) is 9.59 Å². The Balaban J connectivity index is 1.67. The van der Waals surface area contributed by atoms with Crippen LogP contribution in [0.1, 0.15) is 38.6 Å². The predicted molar refractivity (Wildman–Crippen MR) is 86.7 cm³/mol. The summed E-state index contributed by atoms with van der Waals surface area (Å²) in [6, 6.07) is 4.77. The summed E-state index contributed by atoms with van der Waals surface area (Å²) in [6.45, 7) is 3.78. The van der Waals surface area contributed by atoms with Gasteiger partial charge in [-0.15, -0.1) is 0 Å². The van der Waals surface area contributed by atoms with Gasteiger partial charge in [-0.25, -0.2) is 4.39 Å². The first kappa shape index (κ1) is 17.1. The number of benzene rings is 1. The number of nitrogens with one attached hydrogen (secondary N) is 1. The van der Waals surface area contributed by atoms with E-state index in [4.69, 9.17) is 4.52 Å². The summed E-state index contributed by atoms with van der Waals surface area (Å²) in [5.41, 5.74) is 0.619. The van der Waals surface area contributed by atoms with E-state index >= 15 is 0 Å². The Morgan fingerprint density at radius 1 is 1.36 bits per heavy atom. The van der Waals surface area contributed by atoms with Crippen LogP contribution in [0.15, 0.2) is 28.8 Å². The summed E-state index contributed by atoms with van der Waals surface area (Å²) in [5.74, 6) is -0.120. The second-order valence-electron chi connectivity index (χ2n) is 6.06. The SMILES string of the molecule is CC(=O)N1CCC[C@H]1C(=O)N[C@@H](C)c1nc(-c2ccc(F)cc2)no1. The fraction of sp³-hybridized carbons (Fsp3) is 0.412. The normalized spacial score (nSPS) is 18.2. The summed E-state index contributed by atoms with van der Waals surface area (Å²) in [4.78, 5) is 29.8. The van der Waals surface area contributed by atoms with E-state index < -0.39 is 12.1 Å². The molecule has 0 bridgehead atoms. The van der Waals surface area contributed by atoms with Crippen LogP contribution in [0.5, 0.6) is 0 Å². The van der Waals surface area contributed by atoms with Crippen molar-refractivity contribution in [3.63, 3.8) is 0 Å². The second-order valence-corrected chi connectivity index (χ2v) is 6.06. The molecule has 8 heteroatoms. The van der Waals surface area contributed by atoms with Crippen LogP contribution in [0.2, 0.25) is 0 Å². The van der Waals surface area contributed by atoms with Crippen LogP contribution < -0.4 is 5.32 Å². The summed E-state index contributed by atoms with van der Waals surface area (Å²) in [7, 11) is 0. The van der Waals surface area contributed by atoms with Crippen molar-refractivity contribution in [3.05, 3.63) is 36.0 Å². The molecule has 1 fully saturated rings. The summed E-state index contributed by atoms with van der Waals surface area (Å²) in [6.07, 6.45) is 1.45. The lowest BCUT2D eigenvalue weighted by molar-refractivity contribution is -0.137. The van der Waals surface area contributed by atoms with Crippen molar-refractivity contribution in [3.8, 4) is 11.4 Å². The van der Waals surface area contributed by atoms with Gasteiger partial charge in [0, 0.05) is 19.0 Å². The highest BCUT2D eigenvalue weighted by atomic mass is 19.1. The lowest BCUT2D eigenvalue weighted by Gasteiger charge is -2.23. The number of carbonyl (C=O) groups excluding carboxylic acids is 2. The second kappa shape index (κ2) is 7.00. The van der Waals surface area contributed by atoms with Crippen LogP contribution in [0.25, 0.3) is 11.4 Å². The van der Waals surface area contributed by atoms with Gasteiger partial charge in [0.2, 0.25) is 23.5 Å². The Bertz CT molecular complexity index is 774. The van der Waals surface area contributed by atoms with Crippen molar-refractivity contribution in [2.45, 2.75) is 38.8 Å². The molecule has 1 N–H and O–H groups in total. The third-order valence-electron chi connectivity index (χ3n) is 4.23. The maximum Gasteiger partial charge on any atom is 0.249 e. The molecular weight excluding hydrogens is 327 g/mol. The maximum absolute atomic E-state index is 13.0. The molecule has 2 atom stereocenters. The quantitative estimate of drug-likeness (QED) is 0.915. The van der Waals surface area contributed by atoms with Crippen LogP contribution in [0.3, 0.4) is 0 Å². The van der Waals surface area contributed by atoms with Crippen molar-refractivity contribution in [1.29, 1.82) is 0 Å². The highest BCUT2D eigenvalue weighted by molar-refractivity contribution is 5.87. The van der Waals surface area contributed by atoms with E-state index in [1.807, 2.05) is 0 Å². The molecule has 2 heterocycles. The largest absolute Gasteiger partial charge is 0.343 e. The number of halogens is 1. The van der Waals surface area contributed by atoms with Crippen molar-refractivity contribution in [2.75, 3.05) is 6.54 Å².